The molecule has 0 saturated heterocycles. The third-order valence-corrected chi connectivity index (χ3v) is 5.68. The maximum atomic E-state index is 12.8. The number of carbonyl (C=O) groups is 2. The van der Waals surface area contributed by atoms with Gasteiger partial charge in [-0.25, -0.2) is 4.98 Å². The Morgan fingerprint density at radius 1 is 1.14 bits per heavy atom. The molecular weight excluding hydrogens is 356 g/mol. The zero-order valence-corrected chi connectivity index (χ0v) is 15.4. The molecule has 2 aromatic heterocycles. The second-order valence-electron chi connectivity index (χ2n) is 7.44. The van der Waals surface area contributed by atoms with E-state index in [1.54, 1.807) is 45.7 Å². The molecule has 28 heavy (non-hydrogen) atoms. The normalized spacial score (nSPS) is 18.6. The van der Waals surface area contributed by atoms with E-state index in [1.807, 2.05) is 0 Å². The Bertz CT molecular complexity index is 1170. The molecule has 3 aromatic rings. The van der Waals surface area contributed by atoms with E-state index in [-0.39, 0.29) is 17.2 Å². The number of fused-ring (bicyclic) bond motifs is 3. The standard InChI is InChI=1S/C21H20N4O3/c26-18-9-8-17(24-11-3-4-16(18)24)20(27)22-13-6-7-15-14(12-13)21(28)25-10-2-1-5-19(25)23-15/h3-4,6-7,11-12,17H,1-2,5,8-10H2,(H,22,27). The monoisotopic (exact) mass is 376 g/mol. The van der Waals surface area contributed by atoms with Crippen LogP contribution in [0.5, 0.6) is 0 Å². The second-order valence-corrected chi connectivity index (χ2v) is 7.44. The Balaban J connectivity index is 1.47. The summed E-state index contributed by atoms with van der Waals surface area (Å²) in [4.78, 5) is 42.3. The Morgan fingerprint density at radius 3 is 2.93 bits per heavy atom. The fourth-order valence-electron chi connectivity index (χ4n) is 4.24. The lowest BCUT2D eigenvalue weighted by Crippen LogP contribution is -2.31. The number of nitrogens with one attached hydrogen (secondary N) is 1. The zero-order chi connectivity index (χ0) is 19.3. The van der Waals surface area contributed by atoms with Crippen molar-refractivity contribution >= 4 is 28.3 Å². The molecule has 1 amide bonds. The van der Waals surface area contributed by atoms with Crippen LogP contribution in [0.4, 0.5) is 5.69 Å². The van der Waals surface area contributed by atoms with Crippen molar-refractivity contribution in [3.8, 4) is 0 Å². The van der Waals surface area contributed by atoms with Crippen molar-refractivity contribution < 1.29 is 9.59 Å². The molecule has 0 bridgehead atoms. The molecule has 1 aromatic carbocycles. The van der Waals surface area contributed by atoms with Gasteiger partial charge < -0.3 is 9.88 Å². The SMILES string of the molecule is O=C1CCC(C(=O)Nc2ccc3nc4n(c(=O)c3c2)CCCC4)n2cccc21. The van der Waals surface area contributed by atoms with Gasteiger partial charge in [-0.2, -0.15) is 0 Å². The molecule has 2 aliphatic rings. The van der Waals surface area contributed by atoms with Crippen LogP contribution in [0.1, 0.15) is 48.0 Å². The number of ketones is 1. The third kappa shape index (κ3) is 2.66. The van der Waals surface area contributed by atoms with Crippen LogP contribution < -0.4 is 10.9 Å². The molecular formula is C21H20N4O3. The van der Waals surface area contributed by atoms with E-state index in [1.165, 1.54) is 0 Å². The molecule has 0 fully saturated rings. The van der Waals surface area contributed by atoms with Gasteiger partial charge in [0.15, 0.2) is 5.78 Å². The van der Waals surface area contributed by atoms with Crippen molar-refractivity contribution in [3.63, 3.8) is 0 Å². The predicted octanol–water partition coefficient (Wildman–Crippen LogP) is 2.69. The van der Waals surface area contributed by atoms with Gasteiger partial charge in [-0.05, 0) is 49.6 Å². The molecule has 5 rings (SSSR count). The predicted molar refractivity (Wildman–Crippen MR) is 105 cm³/mol. The number of aromatic nitrogens is 3. The first-order chi connectivity index (χ1) is 13.6. The van der Waals surface area contributed by atoms with Gasteiger partial charge in [0.05, 0.1) is 16.6 Å². The Kier molecular flexibility index (Phi) is 3.89. The highest BCUT2D eigenvalue weighted by Crippen LogP contribution is 2.27. The summed E-state index contributed by atoms with van der Waals surface area (Å²) in [6.45, 7) is 0.695. The van der Waals surface area contributed by atoms with Gasteiger partial charge in [-0.1, -0.05) is 0 Å². The van der Waals surface area contributed by atoms with Crippen LogP contribution >= 0.6 is 0 Å². The summed E-state index contributed by atoms with van der Waals surface area (Å²) in [6.07, 6.45) is 5.45. The van der Waals surface area contributed by atoms with E-state index in [2.05, 4.69) is 10.3 Å². The molecule has 0 spiro atoms. The molecule has 4 heterocycles. The van der Waals surface area contributed by atoms with E-state index >= 15 is 0 Å². The Labute approximate surface area is 161 Å². The average molecular weight is 376 g/mol. The number of hydrogen-bond acceptors (Lipinski definition) is 4. The van der Waals surface area contributed by atoms with Crippen LogP contribution in [0.2, 0.25) is 0 Å². The average Bonchev–Trinajstić information content (AvgIpc) is 3.20. The first kappa shape index (κ1) is 16.9. The van der Waals surface area contributed by atoms with Crippen molar-refractivity contribution in [1.82, 2.24) is 14.1 Å². The van der Waals surface area contributed by atoms with Crippen molar-refractivity contribution in [2.45, 2.75) is 44.7 Å². The lowest BCUT2D eigenvalue weighted by Gasteiger charge is -2.24. The van der Waals surface area contributed by atoms with E-state index in [0.717, 1.165) is 25.1 Å². The first-order valence-electron chi connectivity index (χ1n) is 9.66. The van der Waals surface area contributed by atoms with Gasteiger partial charge in [0.2, 0.25) is 5.91 Å². The topological polar surface area (TPSA) is 86.0 Å². The maximum absolute atomic E-state index is 12.8. The molecule has 7 nitrogen and oxygen atoms in total. The van der Waals surface area contributed by atoms with Crippen molar-refractivity contribution in [2.75, 3.05) is 5.32 Å². The van der Waals surface area contributed by atoms with Crippen LogP contribution in [0.25, 0.3) is 10.9 Å². The van der Waals surface area contributed by atoms with Crippen LogP contribution in [-0.2, 0) is 17.8 Å². The minimum Gasteiger partial charge on any atom is -0.333 e. The lowest BCUT2D eigenvalue weighted by molar-refractivity contribution is -0.119. The molecule has 1 unspecified atom stereocenters. The largest absolute Gasteiger partial charge is 0.333 e. The van der Waals surface area contributed by atoms with Gasteiger partial charge in [-0.15, -0.1) is 0 Å². The van der Waals surface area contributed by atoms with Gasteiger partial charge in [-0.3, -0.25) is 19.0 Å². The summed E-state index contributed by atoms with van der Waals surface area (Å²) in [5.74, 6) is 0.714. The molecule has 2 aliphatic heterocycles. The van der Waals surface area contributed by atoms with E-state index in [4.69, 9.17) is 0 Å². The summed E-state index contributed by atoms with van der Waals surface area (Å²) in [6, 6.07) is 8.36. The third-order valence-electron chi connectivity index (χ3n) is 5.68. The smallest absolute Gasteiger partial charge is 0.261 e. The Hall–Kier alpha value is -3.22. The van der Waals surface area contributed by atoms with Gasteiger partial charge in [0.1, 0.15) is 11.9 Å². The fraction of sp³-hybridized carbons (Fsp3) is 0.333. The molecule has 7 heteroatoms. The first-order valence-corrected chi connectivity index (χ1v) is 9.66. The number of nitrogens with zero attached hydrogens (tertiary/aromatic N) is 3. The minimum absolute atomic E-state index is 0.0493. The molecule has 1 atom stereocenters. The number of hydrogen-bond donors (Lipinski definition) is 1. The van der Waals surface area contributed by atoms with E-state index in [9.17, 15) is 14.4 Å². The van der Waals surface area contributed by atoms with Crippen LogP contribution in [0.3, 0.4) is 0 Å². The quantitative estimate of drug-likeness (QED) is 0.745. The van der Waals surface area contributed by atoms with Crippen LogP contribution in [0.15, 0.2) is 41.3 Å². The van der Waals surface area contributed by atoms with E-state index < -0.39 is 6.04 Å². The maximum Gasteiger partial charge on any atom is 0.261 e. The highest BCUT2D eigenvalue weighted by Gasteiger charge is 2.29. The molecule has 0 aliphatic carbocycles. The number of anilines is 1. The van der Waals surface area contributed by atoms with E-state index in [0.29, 0.717) is 41.7 Å². The lowest BCUT2D eigenvalue weighted by atomic mass is 10.0. The number of benzene rings is 1. The molecule has 1 N–H and O–H groups in total. The van der Waals surface area contributed by atoms with Crippen molar-refractivity contribution in [3.05, 3.63) is 58.4 Å². The number of aryl methyl sites for hydroxylation is 1. The van der Waals surface area contributed by atoms with Crippen LogP contribution in [-0.4, -0.2) is 25.8 Å². The number of Topliss-reactive ketones (excluding diaryl/α,β-unsaturated/α-hetero) is 1. The van der Waals surface area contributed by atoms with Crippen LogP contribution in [0, 0.1) is 0 Å². The minimum atomic E-state index is -0.429. The summed E-state index contributed by atoms with van der Waals surface area (Å²) in [5, 5.41) is 3.43. The second kappa shape index (κ2) is 6.44. The number of amides is 1. The van der Waals surface area contributed by atoms with Gasteiger partial charge in [0, 0.05) is 31.3 Å². The number of rotatable bonds is 2. The number of carbonyl (C=O) groups excluding carboxylic acids is 2. The highest BCUT2D eigenvalue weighted by molar-refractivity contribution is 6.00. The van der Waals surface area contributed by atoms with Crippen molar-refractivity contribution in [1.29, 1.82) is 0 Å². The summed E-state index contributed by atoms with van der Waals surface area (Å²) in [5.41, 5.74) is 1.75. The molecule has 142 valence electrons. The Morgan fingerprint density at radius 2 is 2.04 bits per heavy atom. The fourth-order valence-corrected chi connectivity index (χ4v) is 4.24. The highest BCUT2D eigenvalue weighted by atomic mass is 16.2. The zero-order valence-electron chi connectivity index (χ0n) is 15.4. The van der Waals surface area contributed by atoms with Gasteiger partial charge in [0.25, 0.3) is 5.56 Å². The van der Waals surface area contributed by atoms with Gasteiger partial charge >= 0.3 is 0 Å². The summed E-state index contributed by atoms with van der Waals surface area (Å²) in [7, 11) is 0. The molecule has 0 radical (unpaired) electrons. The summed E-state index contributed by atoms with van der Waals surface area (Å²) < 4.78 is 3.48. The molecule has 0 saturated carbocycles. The van der Waals surface area contributed by atoms with Crippen molar-refractivity contribution in [2.24, 2.45) is 0 Å². The summed E-state index contributed by atoms with van der Waals surface area (Å²) >= 11 is 0.